The Kier molecular flexibility index (Phi) is 5.37. The molecule has 0 bridgehead atoms. The van der Waals surface area contributed by atoms with E-state index in [1.54, 1.807) is 19.9 Å². The smallest absolute Gasteiger partial charge is 0.262 e. The number of nitrogens with zero attached hydrogens (tertiary/aromatic N) is 1. The topological polar surface area (TPSA) is 83.6 Å². The molecule has 0 amide bonds. The van der Waals surface area contributed by atoms with E-state index in [0.717, 1.165) is 0 Å². The van der Waals surface area contributed by atoms with Crippen LogP contribution in [0.15, 0.2) is 35.2 Å². The number of rotatable bonds is 4. The minimum atomic E-state index is -3.88. The van der Waals surface area contributed by atoms with Gasteiger partial charge in [0.15, 0.2) is 0 Å². The second kappa shape index (κ2) is 7.16. The molecule has 1 aliphatic heterocycles. The predicted molar refractivity (Wildman–Crippen MR) is 109 cm³/mol. The van der Waals surface area contributed by atoms with Gasteiger partial charge in [-0.05, 0) is 61.7 Å². The van der Waals surface area contributed by atoms with Crippen molar-refractivity contribution in [3.05, 3.63) is 51.5 Å². The number of benzene rings is 2. The van der Waals surface area contributed by atoms with Gasteiger partial charge in [0.2, 0.25) is 10.0 Å². The van der Waals surface area contributed by atoms with Crippen LogP contribution in [0.1, 0.15) is 17.5 Å². The third-order valence-corrected chi connectivity index (χ3v) is 8.42. The van der Waals surface area contributed by atoms with Crippen LogP contribution in [0.5, 0.6) is 0 Å². The molecule has 146 valence electrons. The van der Waals surface area contributed by atoms with E-state index in [1.807, 2.05) is 0 Å². The highest BCUT2D eigenvalue weighted by molar-refractivity contribution is 7.93. The van der Waals surface area contributed by atoms with Crippen LogP contribution in [-0.2, 0) is 20.0 Å². The zero-order valence-electron chi connectivity index (χ0n) is 14.7. The number of aryl methyl sites for hydroxylation is 2. The number of nitrogens with one attached hydrogen (secondary N) is 1. The van der Waals surface area contributed by atoms with Gasteiger partial charge < -0.3 is 0 Å². The summed E-state index contributed by atoms with van der Waals surface area (Å²) in [5.74, 6) is 0.0442. The third-order valence-electron chi connectivity index (χ3n) is 4.31. The fourth-order valence-corrected chi connectivity index (χ4v) is 6.35. The van der Waals surface area contributed by atoms with Crippen molar-refractivity contribution in [2.75, 3.05) is 21.3 Å². The molecule has 0 aliphatic carbocycles. The van der Waals surface area contributed by atoms with Crippen molar-refractivity contribution < 1.29 is 16.8 Å². The van der Waals surface area contributed by atoms with Crippen molar-refractivity contribution in [1.82, 2.24) is 0 Å². The monoisotopic (exact) mass is 448 g/mol. The summed E-state index contributed by atoms with van der Waals surface area (Å²) in [6.07, 6.45) is 0.498. The van der Waals surface area contributed by atoms with Crippen LogP contribution in [0.4, 0.5) is 11.4 Å². The van der Waals surface area contributed by atoms with Crippen LogP contribution < -0.4 is 9.03 Å². The van der Waals surface area contributed by atoms with Crippen LogP contribution in [-0.4, -0.2) is 29.1 Å². The second-order valence-corrected chi connectivity index (χ2v) is 10.9. The first-order valence-electron chi connectivity index (χ1n) is 8.11. The summed E-state index contributed by atoms with van der Waals surface area (Å²) in [7, 11) is -7.32. The lowest BCUT2D eigenvalue weighted by Gasteiger charge is -2.20. The Morgan fingerprint density at radius 3 is 2.37 bits per heavy atom. The third kappa shape index (κ3) is 4.03. The minimum absolute atomic E-state index is 0.0442. The van der Waals surface area contributed by atoms with Gasteiger partial charge in [-0.3, -0.25) is 9.03 Å². The highest BCUT2D eigenvalue weighted by Crippen LogP contribution is 2.34. The van der Waals surface area contributed by atoms with Crippen molar-refractivity contribution in [2.24, 2.45) is 0 Å². The number of hydrogen-bond acceptors (Lipinski definition) is 4. The van der Waals surface area contributed by atoms with Crippen LogP contribution in [0.25, 0.3) is 0 Å². The SMILES string of the molecule is Cc1cc(S(=O)(=O)Nc2ccc(Cl)c(N3CCCS3(=O)=O)c2)c(C)cc1Cl. The molecule has 1 fully saturated rings. The van der Waals surface area contributed by atoms with E-state index >= 15 is 0 Å². The highest BCUT2D eigenvalue weighted by atomic mass is 35.5. The molecule has 0 radical (unpaired) electrons. The summed E-state index contributed by atoms with van der Waals surface area (Å²) in [6, 6.07) is 7.49. The van der Waals surface area contributed by atoms with Crippen LogP contribution in [0.2, 0.25) is 10.0 Å². The van der Waals surface area contributed by atoms with Gasteiger partial charge >= 0.3 is 0 Å². The van der Waals surface area contributed by atoms with Gasteiger partial charge in [0.25, 0.3) is 10.0 Å². The maximum Gasteiger partial charge on any atom is 0.262 e. The second-order valence-electron chi connectivity index (χ2n) is 6.38. The molecule has 3 rings (SSSR count). The number of halogens is 2. The van der Waals surface area contributed by atoms with Gasteiger partial charge in [0, 0.05) is 11.6 Å². The molecule has 27 heavy (non-hydrogen) atoms. The van der Waals surface area contributed by atoms with Crippen LogP contribution in [0.3, 0.4) is 0 Å². The molecule has 10 heteroatoms. The molecule has 2 aromatic carbocycles. The number of hydrogen-bond donors (Lipinski definition) is 1. The largest absolute Gasteiger partial charge is 0.280 e. The lowest BCUT2D eigenvalue weighted by atomic mass is 10.2. The molecule has 2 aromatic rings. The van der Waals surface area contributed by atoms with E-state index in [4.69, 9.17) is 23.2 Å². The Morgan fingerprint density at radius 1 is 1.04 bits per heavy atom. The van der Waals surface area contributed by atoms with Gasteiger partial charge in [-0.15, -0.1) is 0 Å². The average Bonchev–Trinajstić information content (AvgIpc) is 2.91. The molecule has 0 unspecified atom stereocenters. The molecule has 1 aliphatic rings. The lowest BCUT2D eigenvalue weighted by Crippen LogP contribution is -2.25. The Morgan fingerprint density at radius 2 is 1.74 bits per heavy atom. The summed E-state index contributed by atoms with van der Waals surface area (Å²) < 4.78 is 53.7. The summed E-state index contributed by atoms with van der Waals surface area (Å²) in [5.41, 5.74) is 1.64. The molecule has 1 N–H and O–H groups in total. The molecule has 0 aromatic heterocycles. The molecule has 1 heterocycles. The Bertz CT molecular complexity index is 1120. The summed E-state index contributed by atoms with van der Waals surface area (Å²) in [6.45, 7) is 3.69. The van der Waals surface area contributed by atoms with Gasteiger partial charge in [-0.25, -0.2) is 16.8 Å². The van der Waals surface area contributed by atoms with Crippen LogP contribution >= 0.6 is 23.2 Å². The van der Waals surface area contributed by atoms with Gasteiger partial charge in [-0.1, -0.05) is 23.2 Å². The number of sulfonamides is 2. The van der Waals surface area contributed by atoms with E-state index < -0.39 is 20.0 Å². The van der Waals surface area contributed by atoms with Gasteiger partial charge in [0.1, 0.15) is 0 Å². The summed E-state index contributed by atoms with van der Waals surface area (Å²) in [5, 5.41) is 0.724. The summed E-state index contributed by atoms with van der Waals surface area (Å²) >= 11 is 12.2. The minimum Gasteiger partial charge on any atom is -0.280 e. The van der Waals surface area contributed by atoms with Crippen molar-refractivity contribution in [2.45, 2.75) is 25.2 Å². The molecular formula is C17H18Cl2N2O4S2. The zero-order chi connectivity index (χ0) is 20.0. The van der Waals surface area contributed by atoms with E-state index in [1.165, 1.54) is 28.6 Å². The molecule has 0 saturated carbocycles. The predicted octanol–water partition coefficient (Wildman–Crippen LogP) is 3.95. The molecular weight excluding hydrogens is 431 g/mol. The fraction of sp³-hybridized carbons (Fsp3) is 0.294. The quantitative estimate of drug-likeness (QED) is 0.766. The zero-order valence-corrected chi connectivity index (χ0v) is 17.8. The Labute approximate surface area is 169 Å². The maximum atomic E-state index is 12.8. The van der Waals surface area contributed by atoms with Crippen molar-refractivity contribution >= 4 is 54.6 Å². The number of anilines is 2. The van der Waals surface area contributed by atoms with E-state index in [9.17, 15) is 16.8 Å². The fourth-order valence-electron chi connectivity index (χ4n) is 2.93. The van der Waals surface area contributed by atoms with Crippen molar-refractivity contribution in [3.63, 3.8) is 0 Å². The maximum absolute atomic E-state index is 12.8. The standard InChI is InChI=1S/C17H18Cl2N2O4S2/c1-11-9-17(12(2)8-15(11)19)27(24,25)20-13-4-5-14(18)16(10-13)21-6-3-7-26(21,22)23/h4-5,8-10,20H,3,6-7H2,1-2H3. The van der Waals surface area contributed by atoms with E-state index in [0.29, 0.717) is 29.1 Å². The highest BCUT2D eigenvalue weighted by Gasteiger charge is 2.30. The Hall–Kier alpha value is -1.48. The molecule has 0 spiro atoms. The molecule has 0 atom stereocenters. The van der Waals surface area contributed by atoms with E-state index in [-0.39, 0.29) is 27.0 Å². The lowest BCUT2D eigenvalue weighted by molar-refractivity contribution is 0.598. The van der Waals surface area contributed by atoms with Crippen LogP contribution in [0, 0.1) is 13.8 Å². The summed E-state index contributed by atoms with van der Waals surface area (Å²) in [4.78, 5) is 0.106. The first-order valence-corrected chi connectivity index (χ1v) is 12.0. The molecule has 6 nitrogen and oxygen atoms in total. The Balaban J connectivity index is 1.99. The molecule has 1 saturated heterocycles. The first-order chi connectivity index (χ1) is 12.5. The van der Waals surface area contributed by atoms with Crippen molar-refractivity contribution in [3.8, 4) is 0 Å². The van der Waals surface area contributed by atoms with Gasteiger partial charge in [-0.2, -0.15) is 0 Å². The van der Waals surface area contributed by atoms with E-state index in [2.05, 4.69) is 4.72 Å². The van der Waals surface area contributed by atoms with Gasteiger partial charge in [0.05, 0.1) is 27.0 Å². The van der Waals surface area contributed by atoms with Crippen molar-refractivity contribution in [1.29, 1.82) is 0 Å². The first kappa shape index (κ1) is 20.3. The normalized spacial score (nSPS) is 16.5. The average molecular weight is 449 g/mol.